The average molecular weight is 528 g/mol. The number of benzene rings is 3. The van der Waals surface area contributed by atoms with Crippen LogP contribution in [-0.2, 0) is 12.5 Å². The predicted octanol–water partition coefficient (Wildman–Crippen LogP) is 7.73. The van der Waals surface area contributed by atoms with Crippen LogP contribution in [0.15, 0.2) is 36.4 Å². The molecule has 0 saturated carbocycles. The van der Waals surface area contributed by atoms with Crippen molar-refractivity contribution in [3.8, 4) is 28.4 Å². The van der Waals surface area contributed by atoms with E-state index in [0.717, 1.165) is 12.1 Å². The van der Waals surface area contributed by atoms with Gasteiger partial charge in [-0.15, -0.1) is 13.2 Å². The number of ether oxygens (including phenoxy) is 2. The molecule has 0 heterocycles. The van der Waals surface area contributed by atoms with Crippen molar-refractivity contribution in [2.24, 2.45) is 0 Å². The number of halogens is 10. The molecule has 36 heavy (non-hydrogen) atoms. The lowest BCUT2D eigenvalue weighted by atomic mass is 9.97. The standard InChI is InChI=1S/C23H14F10O3/c1-2-3-10-4-5-12(13(24)6-10)18-17(34)9-14(25)19(20(18)28)22(29,30)35-11-7-15(26)21(16(27)8-11)36-23(31,32)33/h4-9,34H,2-3H2,1H3. The number of phenols is 1. The van der Waals surface area contributed by atoms with Gasteiger partial charge in [0.25, 0.3) is 0 Å². The second-order valence-corrected chi connectivity index (χ2v) is 7.39. The highest BCUT2D eigenvalue weighted by atomic mass is 19.4. The Labute approximate surface area is 196 Å². The van der Waals surface area contributed by atoms with Crippen molar-refractivity contribution >= 4 is 0 Å². The molecule has 0 aliphatic heterocycles. The maximum Gasteiger partial charge on any atom is 0.573 e. The maximum atomic E-state index is 15.1. The second-order valence-electron chi connectivity index (χ2n) is 7.39. The fourth-order valence-corrected chi connectivity index (χ4v) is 3.34. The van der Waals surface area contributed by atoms with Crippen LogP contribution in [0.25, 0.3) is 11.1 Å². The van der Waals surface area contributed by atoms with Gasteiger partial charge in [-0.3, -0.25) is 0 Å². The molecule has 3 aromatic carbocycles. The first-order chi connectivity index (χ1) is 16.6. The molecule has 0 spiro atoms. The molecular weight excluding hydrogens is 514 g/mol. The molecule has 0 saturated heterocycles. The molecule has 0 aliphatic carbocycles. The van der Waals surface area contributed by atoms with E-state index in [0.29, 0.717) is 18.4 Å². The Morgan fingerprint density at radius 1 is 0.778 bits per heavy atom. The minimum atomic E-state index is -5.52. The Hall–Kier alpha value is -3.64. The zero-order valence-electron chi connectivity index (χ0n) is 17.9. The Bertz CT molecular complexity index is 1270. The van der Waals surface area contributed by atoms with Crippen LogP contribution in [0.2, 0.25) is 0 Å². The first kappa shape index (κ1) is 27.0. The molecule has 13 heteroatoms. The van der Waals surface area contributed by atoms with E-state index >= 15 is 4.39 Å². The van der Waals surface area contributed by atoms with Crippen LogP contribution >= 0.6 is 0 Å². The summed E-state index contributed by atoms with van der Waals surface area (Å²) in [6.07, 6.45) is -9.52. The molecule has 0 bridgehead atoms. The molecule has 0 fully saturated rings. The van der Waals surface area contributed by atoms with E-state index in [4.69, 9.17) is 0 Å². The third kappa shape index (κ3) is 5.60. The summed E-state index contributed by atoms with van der Waals surface area (Å²) in [6.45, 7) is 1.79. The van der Waals surface area contributed by atoms with E-state index in [9.17, 15) is 44.6 Å². The van der Waals surface area contributed by atoms with Gasteiger partial charge in [-0.2, -0.15) is 8.78 Å². The number of rotatable bonds is 7. The van der Waals surface area contributed by atoms with Crippen LogP contribution in [0.1, 0.15) is 24.5 Å². The first-order valence-corrected chi connectivity index (χ1v) is 9.96. The largest absolute Gasteiger partial charge is 0.573 e. The van der Waals surface area contributed by atoms with E-state index in [1.165, 1.54) is 6.07 Å². The van der Waals surface area contributed by atoms with Crippen molar-refractivity contribution in [3.63, 3.8) is 0 Å². The van der Waals surface area contributed by atoms with Gasteiger partial charge in [-0.05, 0) is 18.1 Å². The van der Waals surface area contributed by atoms with Gasteiger partial charge in [0.1, 0.15) is 28.7 Å². The number of alkyl halides is 5. The van der Waals surface area contributed by atoms with E-state index in [2.05, 4.69) is 9.47 Å². The Kier molecular flexibility index (Phi) is 7.32. The monoisotopic (exact) mass is 528 g/mol. The molecule has 0 aliphatic rings. The molecule has 194 valence electrons. The van der Waals surface area contributed by atoms with Gasteiger partial charge in [-0.25, -0.2) is 22.0 Å². The minimum Gasteiger partial charge on any atom is -0.507 e. The fourth-order valence-electron chi connectivity index (χ4n) is 3.34. The first-order valence-electron chi connectivity index (χ1n) is 9.96. The van der Waals surface area contributed by atoms with Gasteiger partial charge in [-0.1, -0.05) is 25.5 Å². The second kappa shape index (κ2) is 9.78. The summed E-state index contributed by atoms with van der Waals surface area (Å²) in [6, 6.07) is 3.04. The number of hydrogen-bond acceptors (Lipinski definition) is 3. The van der Waals surface area contributed by atoms with Gasteiger partial charge in [0.15, 0.2) is 17.5 Å². The molecule has 0 unspecified atom stereocenters. The predicted molar refractivity (Wildman–Crippen MR) is 105 cm³/mol. The molecular formula is C23H14F10O3. The van der Waals surface area contributed by atoms with E-state index in [1.54, 1.807) is 6.92 Å². The van der Waals surface area contributed by atoms with Crippen molar-refractivity contribution in [1.82, 2.24) is 0 Å². The number of aromatic hydroxyl groups is 1. The quantitative estimate of drug-likeness (QED) is 0.319. The van der Waals surface area contributed by atoms with Crippen molar-refractivity contribution in [2.75, 3.05) is 0 Å². The normalized spacial score (nSPS) is 12.1. The lowest BCUT2D eigenvalue weighted by Crippen LogP contribution is -2.26. The van der Waals surface area contributed by atoms with Crippen molar-refractivity contribution in [1.29, 1.82) is 0 Å². The molecule has 3 nitrogen and oxygen atoms in total. The van der Waals surface area contributed by atoms with Crippen LogP contribution in [0.4, 0.5) is 43.9 Å². The third-order valence-corrected chi connectivity index (χ3v) is 4.77. The highest BCUT2D eigenvalue weighted by molar-refractivity contribution is 5.73. The van der Waals surface area contributed by atoms with Gasteiger partial charge in [0.05, 0.1) is 5.56 Å². The van der Waals surface area contributed by atoms with Crippen LogP contribution in [0.5, 0.6) is 17.2 Å². The van der Waals surface area contributed by atoms with Gasteiger partial charge < -0.3 is 14.6 Å². The summed E-state index contributed by atoms with van der Waals surface area (Å²) in [7, 11) is 0. The Morgan fingerprint density at radius 3 is 1.92 bits per heavy atom. The Balaban J connectivity index is 2.06. The van der Waals surface area contributed by atoms with Crippen LogP contribution in [0.3, 0.4) is 0 Å². The topological polar surface area (TPSA) is 38.7 Å². The highest BCUT2D eigenvalue weighted by Crippen LogP contribution is 2.43. The summed E-state index contributed by atoms with van der Waals surface area (Å²) in [5, 5.41) is 9.96. The molecule has 3 rings (SSSR count). The smallest absolute Gasteiger partial charge is 0.507 e. The lowest BCUT2D eigenvalue weighted by Gasteiger charge is -2.22. The SMILES string of the molecule is CCCc1ccc(-c2c(O)cc(F)c(C(F)(F)Oc3cc(F)c(OC(F)(F)F)c(F)c3)c2F)c(F)c1. The highest BCUT2D eigenvalue weighted by Gasteiger charge is 2.43. The number of hydrogen-bond donors (Lipinski definition) is 1. The third-order valence-electron chi connectivity index (χ3n) is 4.77. The zero-order valence-corrected chi connectivity index (χ0v) is 17.9. The molecule has 0 radical (unpaired) electrons. The fraction of sp³-hybridized carbons (Fsp3) is 0.217. The maximum absolute atomic E-state index is 15.1. The van der Waals surface area contributed by atoms with E-state index in [1.807, 2.05) is 0 Å². The van der Waals surface area contributed by atoms with Gasteiger partial charge >= 0.3 is 12.5 Å². The van der Waals surface area contributed by atoms with Crippen molar-refractivity contribution in [2.45, 2.75) is 32.2 Å². The van der Waals surface area contributed by atoms with E-state index in [-0.39, 0.29) is 18.2 Å². The minimum absolute atomic E-state index is 0.0475. The number of phenolic OH excluding ortho intramolecular Hbond substituents is 1. The van der Waals surface area contributed by atoms with Gasteiger partial charge in [0.2, 0.25) is 5.75 Å². The molecule has 3 aromatic rings. The summed E-state index contributed by atoms with van der Waals surface area (Å²) >= 11 is 0. The van der Waals surface area contributed by atoms with Crippen LogP contribution < -0.4 is 9.47 Å². The average Bonchev–Trinajstić information content (AvgIpc) is 2.71. The number of aryl methyl sites for hydroxylation is 1. The summed E-state index contributed by atoms with van der Waals surface area (Å²) in [5.41, 5.74) is -3.55. The molecule has 0 amide bonds. The van der Waals surface area contributed by atoms with Crippen LogP contribution in [-0.4, -0.2) is 11.5 Å². The summed E-state index contributed by atoms with van der Waals surface area (Å²) in [5.74, 6) is -14.3. The Morgan fingerprint density at radius 2 is 1.39 bits per heavy atom. The molecule has 0 aromatic heterocycles. The van der Waals surface area contributed by atoms with Crippen molar-refractivity contribution in [3.05, 3.63) is 76.6 Å². The summed E-state index contributed by atoms with van der Waals surface area (Å²) in [4.78, 5) is 0. The van der Waals surface area contributed by atoms with Gasteiger partial charge in [0, 0.05) is 23.8 Å². The molecule has 0 atom stereocenters. The molecule has 1 N–H and O–H groups in total. The van der Waals surface area contributed by atoms with E-state index < -0.39 is 75.5 Å². The summed E-state index contributed by atoms with van der Waals surface area (Å²) < 4.78 is 145. The van der Waals surface area contributed by atoms with Crippen molar-refractivity contribution < 1.29 is 58.5 Å². The van der Waals surface area contributed by atoms with Crippen LogP contribution in [0, 0.1) is 29.1 Å². The zero-order chi connectivity index (χ0) is 27.0. The lowest BCUT2D eigenvalue weighted by molar-refractivity contribution is -0.276.